The van der Waals surface area contributed by atoms with Gasteiger partial charge in [-0.2, -0.15) is 0 Å². The minimum atomic E-state index is -2.91. The van der Waals surface area contributed by atoms with E-state index in [-0.39, 0.29) is 34.6 Å². The van der Waals surface area contributed by atoms with E-state index in [0.29, 0.717) is 0 Å². The van der Waals surface area contributed by atoms with Crippen molar-refractivity contribution in [3.63, 3.8) is 0 Å². The van der Waals surface area contributed by atoms with Crippen molar-refractivity contribution in [2.24, 2.45) is 0 Å². The van der Waals surface area contributed by atoms with Crippen LogP contribution in [0.3, 0.4) is 0 Å². The minimum Gasteiger partial charge on any atom is -0.414 e. The van der Waals surface area contributed by atoms with E-state index in [0.717, 1.165) is 0 Å². The summed E-state index contributed by atoms with van der Waals surface area (Å²) in [5.74, 6) is -0.172. The summed E-state index contributed by atoms with van der Waals surface area (Å²) < 4.78 is 19.9. The first-order chi connectivity index (χ1) is 12.8. The quantitative estimate of drug-likeness (QED) is 0.470. The third-order valence-corrected chi connectivity index (χ3v) is 15.8. The SMILES string of the molecule is CC(=O)/C=C/[C@@H](O)C1O[Si](C(C)C)(C(C)C)O[Si](C(C)C)(C(C)C)OCC1O. The van der Waals surface area contributed by atoms with E-state index in [4.69, 9.17) is 13.0 Å². The first kappa shape index (κ1) is 25.7. The smallest absolute Gasteiger partial charge is 0.335 e. The maximum atomic E-state index is 11.3. The zero-order valence-corrected chi connectivity index (χ0v) is 20.9. The first-order valence-corrected chi connectivity index (χ1v) is 14.3. The number of allylic oxidation sites excluding steroid dienone is 1. The van der Waals surface area contributed by atoms with Gasteiger partial charge in [-0.05, 0) is 35.2 Å². The molecule has 1 aliphatic rings. The molecule has 0 aliphatic carbocycles. The number of carbonyl (C=O) groups excluding carboxylic acids is 1. The second-order valence-corrected chi connectivity index (χ2v) is 17.9. The van der Waals surface area contributed by atoms with Crippen LogP contribution in [0.1, 0.15) is 62.3 Å². The molecule has 28 heavy (non-hydrogen) atoms. The minimum absolute atomic E-state index is 0.0406. The van der Waals surface area contributed by atoms with Crippen LogP contribution >= 0.6 is 0 Å². The Labute approximate surface area is 172 Å². The molecule has 2 unspecified atom stereocenters. The van der Waals surface area contributed by atoms with Gasteiger partial charge in [0.1, 0.15) is 18.3 Å². The van der Waals surface area contributed by atoms with Gasteiger partial charge < -0.3 is 23.2 Å². The van der Waals surface area contributed by atoms with E-state index in [1.807, 2.05) is 0 Å². The Morgan fingerprint density at radius 2 is 1.43 bits per heavy atom. The highest BCUT2D eigenvalue weighted by Gasteiger charge is 2.59. The normalized spacial score (nSPS) is 26.8. The van der Waals surface area contributed by atoms with E-state index in [2.05, 4.69) is 55.4 Å². The lowest BCUT2D eigenvalue weighted by Crippen LogP contribution is -2.66. The number of rotatable bonds is 7. The molecule has 1 saturated heterocycles. The van der Waals surface area contributed by atoms with Gasteiger partial charge in [0, 0.05) is 0 Å². The molecule has 0 bridgehead atoms. The van der Waals surface area contributed by atoms with Gasteiger partial charge in [-0.1, -0.05) is 61.5 Å². The molecule has 2 N–H and O–H groups in total. The maximum Gasteiger partial charge on any atom is 0.335 e. The molecule has 8 heteroatoms. The molecule has 1 aliphatic heterocycles. The molecule has 0 saturated carbocycles. The Kier molecular flexibility index (Phi) is 9.27. The van der Waals surface area contributed by atoms with E-state index in [1.54, 1.807) is 0 Å². The summed E-state index contributed by atoms with van der Waals surface area (Å²) in [7, 11) is -5.61. The van der Waals surface area contributed by atoms with Crippen molar-refractivity contribution in [3.8, 4) is 0 Å². The van der Waals surface area contributed by atoms with Gasteiger partial charge in [0.2, 0.25) is 0 Å². The van der Waals surface area contributed by atoms with Crippen LogP contribution < -0.4 is 0 Å². The number of aliphatic hydroxyl groups excluding tert-OH is 2. The monoisotopic (exact) mass is 432 g/mol. The molecule has 0 spiro atoms. The van der Waals surface area contributed by atoms with Gasteiger partial charge >= 0.3 is 17.1 Å². The van der Waals surface area contributed by atoms with Crippen molar-refractivity contribution in [1.29, 1.82) is 0 Å². The van der Waals surface area contributed by atoms with Crippen molar-refractivity contribution in [2.75, 3.05) is 6.61 Å². The van der Waals surface area contributed by atoms with Crippen LogP contribution in [0.4, 0.5) is 0 Å². The van der Waals surface area contributed by atoms with Crippen LogP contribution in [0.15, 0.2) is 12.2 Å². The molecule has 0 aromatic carbocycles. The molecule has 1 heterocycles. The summed E-state index contributed by atoms with van der Waals surface area (Å²) in [6.07, 6.45) is -0.352. The average molecular weight is 433 g/mol. The Balaban J connectivity index is 3.47. The second-order valence-electron chi connectivity index (χ2n) is 9.08. The highest BCUT2D eigenvalue weighted by molar-refractivity contribution is 6.83. The Bertz CT molecular complexity index is 531. The average Bonchev–Trinajstić information content (AvgIpc) is 2.56. The second kappa shape index (κ2) is 10.1. The number of ketones is 1. The third kappa shape index (κ3) is 5.41. The van der Waals surface area contributed by atoms with Gasteiger partial charge in [0.25, 0.3) is 0 Å². The van der Waals surface area contributed by atoms with Crippen LogP contribution in [-0.2, 0) is 17.8 Å². The third-order valence-electron chi connectivity index (χ3n) is 5.58. The lowest BCUT2D eigenvalue weighted by Gasteiger charge is -2.52. The van der Waals surface area contributed by atoms with Crippen LogP contribution in [0.5, 0.6) is 0 Å². The lowest BCUT2D eigenvalue weighted by molar-refractivity contribution is -0.112. The number of aliphatic hydroxyl groups is 2. The Morgan fingerprint density at radius 3 is 1.82 bits per heavy atom. The Morgan fingerprint density at radius 1 is 0.964 bits per heavy atom. The summed E-state index contributed by atoms with van der Waals surface area (Å²) in [5, 5.41) is 21.5. The van der Waals surface area contributed by atoms with E-state index in [9.17, 15) is 15.0 Å². The molecular formula is C20H40O6Si2. The topological polar surface area (TPSA) is 85.2 Å². The molecule has 164 valence electrons. The molecule has 0 aromatic rings. The number of hydrogen-bond acceptors (Lipinski definition) is 6. The van der Waals surface area contributed by atoms with Crippen LogP contribution in [0.2, 0.25) is 22.2 Å². The molecule has 3 atom stereocenters. The molecular weight excluding hydrogens is 392 g/mol. The fraction of sp³-hybridized carbons (Fsp3) is 0.850. The lowest BCUT2D eigenvalue weighted by atomic mass is 10.1. The summed E-state index contributed by atoms with van der Waals surface area (Å²) in [6, 6.07) is 0. The first-order valence-electron chi connectivity index (χ1n) is 10.4. The van der Waals surface area contributed by atoms with Crippen molar-refractivity contribution in [2.45, 2.75) is 103 Å². The fourth-order valence-corrected chi connectivity index (χ4v) is 15.2. The number of hydrogen-bond donors (Lipinski definition) is 2. The molecule has 1 rings (SSSR count). The fourth-order valence-electron chi connectivity index (χ4n) is 3.96. The van der Waals surface area contributed by atoms with E-state index < -0.39 is 35.4 Å². The van der Waals surface area contributed by atoms with Crippen molar-refractivity contribution >= 4 is 22.9 Å². The van der Waals surface area contributed by atoms with Crippen molar-refractivity contribution < 1.29 is 28.0 Å². The van der Waals surface area contributed by atoms with Gasteiger partial charge in [-0.15, -0.1) is 0 Å². The standard InChI is InChI=1S/C20H40O6Si2/c1-13(2)27(14(3)4)24-12-19(23)20(18(22)11-10-17(9)21)25-28(26-27,15(5)6)16(7)8/h10-11,13-16,18-20,22-23H,12H2,1-9H3/b11-10+/t18-,19?,20?/m1/s1. The van der Waals surface area contributed by atoms with Crippen LogP contribution in [0.25, 0.3) is 0 Å². The zero-order valence-electron chi connectivity index (χ0n) is 18.9. The predicted molar refractivity (Wildman–Crippen MR) is 116 cm³/mol. The highest BCUT2D eigenvalue weighted by atomic mass is 28.5. The highest BCUT2D eigenvalue weighted by Crippen LogP contribution is 2.46. The summed E-state index contributed by atoms with van der Waals surface area (Å²) in [6.45, 7) is 18.2. The zero-order chi connectivity index (χ0) is 21.9. The van der Waals surface area contributed by atoms with Gasteiger partial charge in [0.15, 0.2) is 5.78 Å². The van der Waals surface area contributed by atoms with Gasteiger partial charge in [-0.25, -0.2) is 0 Å². The van der Waals surface area contributed by atoms with Crippen LogP contribution in [-0.4, -0.2) is 58.0 Å². The molecule has 0 aromatic heterocycles. The van der Waals surface area contributed by atoms with E-state index >= 15 is 0 Å². The maximum absolute atomic E-state index is 11.3. The summed E-state index contributed by atoms with van der Waals surface area (Å²) >= 11 is 0. The van der Waals surface area contributed by atoms with Crippen LogP contribution in [0, 0.1) is 0 Å². The van der Waals surface area contributed by atoms with Gasteiger partial charge in [0.05, 0.1) is 6.61 Å². The number of carbonyl (C=O) groups is 1. The predicted octanol–water partition coefficient (Wildman–Crippen LogP) is 3.81. The summed E-state index contributed by atoms with van der Waals surface area (Å²) in [5.41, 5.74) is 0.563. The van der Waals surface area contributed by atoms with Gasteiger partial charge in [-0.3, -0.25) is 4.79 Å². The summed E-state index contributed by atoms with van der Waals surface area (Å²) in [4.78, 5) is 11.3. The molecule has 1 fully saturated rings. The molecule has 0 amide bonds. The largest absolute Gasteiger partial charge is 0.414 e. The Hall–Kier alpha value is -0.356. The van der Waals surface area contributed by atoms with Crippen molar-refractivity contribution in [3.05, 3.63) is 12.2 Å². The van der Waals surface area contributed by atoms with E-state index in [1.165, 1.54) is 19.1 Å². The molecule has 0 radical (unpaired) electrons. The molecule has 6 nitrogen and oxygen atoms in total. The van der Waals surface area contributed by atoms with Crippen molar-refractivity contribution in [1.82, 2.24) is 0 Å².